The van der Waals surface area contributed by atoms with Gasteiger partial charge in [0.15, 0.2) is 0 Å². The second-order valence-electron chi connectivity index (χ2n) is 5.21. The molecule has 0 amide bonds. The second kappa shape index (κ2) is 6.89. The summed E-state index contributed by atoms with van der Waals surface area (Å²) in [5.41, 5.74) is 1.98. The zero-order valence-corrected chi connectivity index (χ0v) is 12.0. The molecule has 0 unspecified atom stereocenters. The van der Waals surface area contributed by atoms with Crippen LogP contribution < -0.4 is 0 Å². The molecule has 4 heteroatoms. The highest BCUT2D eigenvalue weighted by Crippen LogP contribution is 2.11. The van der Waals surface area contributed by atoms with Gasteiger partial charge in [0.25, 0.3) is 0 Å². The largest absolute Gasteiger partial charge is 0.461 e. The van der Waals surface area contributed by atoms with Gasteiger partial charge in [-0.3, -0.25) is 4.79 Å². The molecule has 0 saturated carbocycles. The Morgan fingerprint density at radius 2 is 2.05 bits per heavy atom. The van der Waals surface area contributed by atoms with E-state index in [0.29, 0.717) is 18.9 Å². The molecule has 1 aromatic carbocycles. The van der Waals surface area contributed by atoms with Gasteiger partial charge in [0, 0.05) is 18.8 Å². The van der Waals surface area contributed by atoms with Gasteiger partial charge in [0.05, 0.1) is 5.69 Å². The standard InChI is InChI=1S/C16H20N2O2/c1-13(2)4-9-16(19)20-12-14-5-7-15(8-6-14)18-11-3-10-17-18/h3,5-8,10-11,13H,4,9,12H2,1-2H3. The average molecular weight is 272 g/mol. The average Bonchev–Trinajstić information content (AvgIpc) is 2.97. The van der Waals surface area contributed by atoms with Crippen molar-refractivity contribution in [2.24, 2.45) is 5.92 Å². The molecule has 0 radical (unpaired) electrons. The first kappa shape index (κ1) is 14.3. The summed E-state index contributed by atoms with van der Waals surface area (Å²) in [6, 6.07) is 9.71. The number of hydrogen-bond acceptors (Lipinski definition) is 3. The first-order valence-electron chi connectivity index (χ1n) is 6.90. The highest BCUT2D eigenvalue weighted by Gasteiger charge is 2.05. The topological polar surface area (TPSA) is 44.1 Å². The smallest absolute Gasteiger partial charge is 0.306 e. The molecular weight excluding hydrogens is 252 g/mol. The number of hydrogen-bond donors (Lipinski definition) is 0. The predicted molar refractivity (Wildman–Crippen MR) is 77.4 cm³/mol. The molecule has 0 saturated heterocycles. The number of carbonyl (C=O) groups is 1. The zero-order chi connectivity index (χ0) is 14.4. The van der Waals surface area contributed by atoms with Crippen molar-refractivity contribution in [3.8, 4) is 5.69 Å². The van der Waals surface area contributed by atoms with E-state index in [4.69, 9.17) is 4.74 Å². The van der Waals surface area contributed by atoms with Gasteiger partial charge in [-0.1, -0.05) is 26.0 Å². The molecule has 2 rings (SSSR count). The summed E-state index contributed by atoms with van der Waals surface area (Å²) in [4.78, 5) is 11.5. The van der Waals surface area contributed by atoms with Gasteiger partial charge in [0.2, 0.25) is 0 Å². The van der Waals surface area contributed by atoms with E-state index in [-0.39, 0.29) is 5.97 Å². The number of aromatic nitrogens is 2. The van der Waals surface area contributed by atoms with Crippen LogP contribution in [0.15, 0.2) is 42.7 Å². The fourth-order valence-corrected chi connectivity index (χ4v) is 1.81. The lowest BCUT2D eigenvalue weighted by Crippen LogP contribution is -2.06. The Labute approximate surface area is 119 Å². The van der Waals surface area contributed by atoms with Crippen molar-refractivity contribution in [1.82, 2.24) is 9.78 Å². The van der Waals surface area contributed by atoms with Gasteiger partial charge in [-0.25, -0.2) is 4.68 Å². The number of benzene rings is 1. The van der Waals surface area contributed by atoms with Gasteiger partial charge in [-0.2, -0.15) is 5.10 Å². The normalized spacial score (nSPS) is 10.8. The highest BCUT2D eigenvalue weighted by molar-refractivity contribution is 5.69. The summed E-state index contributed by atoms with van der Waals surface area (Å²) in [7, 11) is 0. The number of carbonyl (C=O) groups excluding carboxylic acids is 1. The van der Waals surface area contributed by atoms with Gasteiger partial charge in [-0.15, -0.1) is 0 Å². The van der Waals surface area contributed by atoms with Crippen LogP contribution >= 0.6 is 0 Å². The van der Waals surface area contributed by atoms with Crippen LogP contribution in [-0.2, 0) is 16.1 Å². The summed E-state index contributed by atoms with van der Waals surface area (Å²) in [6.45, 7) is 4.53. The molecular formula is C16H20N2O2. The Bertz CT molecular complexity index is 530. The lowest BCUT2D eigenvalue weighted by Gasteiger charge is -2.07. The van der Waals surface area contributed by atoms with Crippen LogP contribution in [0.1, 0.15) is 32.3 Å². The molecule has 4 nitrogen and oxygen atoms in total. The van der Waals surface area contributed by atoms with Crippen molar-refractivity contribution in [2.75, 3.05) is 0 Å². The van der Waals surface area contributed by atoms with Crippen molar-refractivity contribution in [1.29, 1.82) is 0 Å². The summed E-state index contributed by atoms with van der Waals surface area (Å²) in [6.07, 6.45) is 4.99. The van der Waals surface area contributed by atoms with Gasteiger partial charge < -0.3 is 4.74 Å². The Hall–Kier alpha value is -2.10. The summed E-state index contributed by atoms with van der Waals surface area (Å²) in [5.74, 6) is 0.394. The third-order valence-corrected chi connectivity index (χ3v) is 3.03. The third kappa shape index (κ3) is 4.23. The second-order valence-corrected chi connectivity index (χ2v) is 5.21. The van der Waals surface area contributed by atoms with E-state index in [9.17, 15) is 4.79 Å². The van der Waals surface area contributed by atoms with E-state index in [1.807, 2.05) is 36.5 Å². The van der Waals surface area contributed by atoms with Crippen molar-refractivity contribution in [2.45, 2.75) is 33.3 Å². The molecule has 0 spiro atoms. The number of esters is 1. The number of rotatable bonds is 6. The minimum atomic E-state index is -0.130. The predicted octanol–water partition coefficient (Wildman–Crippen LogP) is 3.35. The van der Waals surface area contributed by atoms with Gasteiger partial charge in [0.1, 0.15) is 6.61 Å². The first-order chi connectivity index (χ1) is 9.65. The Balaban J connectivity index is 1.84. The zero-order valence-electron chi connectivity index (χ0n) is 12.0. The van der Waals surface area contributed by atoms with Crippen molar-refractivity contribution in [3.63, 3.8) is 0 Å². The third-order valence-electron chi connectivity index (χ3n) is 3.03. The van der Waals surface area contributed by atoms with Crippen LogP contribution in [-0.4, -0.2) is 15.7 Å². The van der Waals surface area contributed by atoms with Crippen molar-refractivity contribution < 1.29 is 9.53 Å². The molecule has 0 aliphatic carbocycles. The Kier molecular flexibility index (Phi) is 4.93. The van der Waals surface area contributed by atoms with E-state index in [0.717, 1.165) is 17.7 Å². The molecule has 0 N–H and O–H groups in total. The molecule has 1 aromatic heterocycles. The minimum Gasteiger partial charge on any atom is -0.461 e. The SMILES string of the molecule is CC(C)CCC(=O)OCc1ccc(-n2cccn2)cc1. The Morgan fingerprint density at radius 3 is 2.65 bits per heavy atom. The van der Waals surface area contributed by atoms with E-state index in [1.165, 1.54) is 0 Å². The summed E-state index contributed by atoms with van der Waals surface area (Å²) in [5, 5.41) is 4.16. The van der Waals surface area contributed by atoms with Crippen LogP contribution in [0.25, 0.3) is 5.69 Å². The van der Waals surface area contributed by atoms with Crippen LogP contribution in [0.4, 0.5) is 0 Å². The van der Waals surface area contributed by atoms with Crippen LogP contribution in [0.3, 0.4) is 0 Å². The van der Waals surface area contributed by atoms with E-state index >= 15 is 0 Å². The van der Waals surface area contributed by atoms with Crippen molar-refractivity contribution >= 4 is 5.97 Å². The quantitative estimate of drug-likeness (QED) is 0.757. The van der Waals surface area contributed by atoms with Crippen molar-refractivity contribution in [3.05, 3.63) is 48.3 Å². The number of nitrogens with zero attached hydrogens (tertiary/aromatic N) is 2. The molecule has 20 heavy (non-hydrogen) atoms. The van der Waals surface area contributed by atoms with Gasteiger partial charge >= 0.3 is 5.97 Å². The van der Waals surface area contributed by atoms with Gasteiger partial charge in [-0.05, 0) is 36.1 Å². The highest BCUT2D eigenvalue weighted by atomic mass is 16.5. The lowest BCUT2D eigenvalue weighted by atomic mass is 10.1. The fraction of sp³-hybridized carbons (Fsp3) is 0.375. The maximum absolute atomic E-state index is 11.5. The van der Waals surface area contributed by atoms with E-state index in [2.05, 4.69) is 18.9 Å². The van der Waals surface area contributed by atoms with Crippen LogP contribution in [0.5, 0.6) is 0 Å². The molecule has 0 aliphatic heterocycles. The van der Waals surface area contributed by atoms with E-state index < -0.39 is 0 Å². The maximum Gasteiger partial charge on any atom is 0.306 e. The molecule has 2 aromatic rings. The van der Waals surface area contributed by atoms with Crippen LogP contribution in [0.2, 0.25) is 0 Å². The summed E-state index contributed by atoms with van der Waals surface area (Å²) >= 11 is 0. The van der Waals surface area contributed by atoms with Crippen LogP contribution in [0, 0.1) is 5.92 Å². The first-order valence-corrected chi connectivity index (χ1v) is 6.90. The summed E-state index contributed by atoms with van der Waals surface area (Å²) < 4.78 is 7.04. The van der Waals surface area contributed by atoms with E-state index in [1.54, 1.807) is 10.9 Å². The monoisotopic (exact) mass is 272 g/mol. The molecule has 0 bridgehead atoms. The molecule has 0 aliphatic rings. The Morgan fingerprint density at radius 1 is 1.30 bits per heavy atom. The molecule has 0 atom stereocenters. The molecule has 106 valence electrons. The maximum atomic E-state index is 11.5. The lowest BCUT2D eigenvalue weighted by molar-refractivity contribution is -0.145. The minimum absolute atomic E-state index is 0.130. The fourth-order valence-electron chi connectivity index (χ4n) is 1.81. The molecule has 1 heterocycles. The molecule has 0 fully saturated rings. The number of ether oxygens (including phenoxy) is 1.